The van der Waals surface area contributed by atoms with Crippen LogP contribution in [0.2, 0.25) is 0 Å². The van der Waals surface area contributed by atoms with Gasteiger partial charge in [0.2, 0.25) is 15.9 Å². The van der Waals surface area contributed by atoms with E-state index in [1.165, 1.54) is 30.6 Å². The summed E-state index contributed by atoms with van der Waals surface area (Å²) in [5.41, 5.74) is 0. The lowest BCUT2D eigenvalue weighted by Gasteiger charge is -2.24. The van der Waals surface area contributed by atoms with Crippen LogP contribution in [0.5, 0.6) is 0 Å². The average molecular weight is 330 g/mol. The SMILES string of the molecule is O=C(CCNS(=O)(=O)c1cccs1)N1CCCCCCC1. The highest BCUT2D eigenvalue weighted by atomic mass is 32.2. The molecule has 1 aliphatic heterocycles. The summed E-state index contributed by atoms with van der Waals surface area (Å²) in [6.07, 6.45) is 5.93. The van der Waals surface area contributed by atoms with Crippen molar-refractivity contribution in [3.8, 4) is 0 Å². The normalized spacial score (nSPS) is 17.2. The van der Waals surface area contributed by atoms with E-state index in [-0.39, 0.29) is 18.9 Å². The number of thiophene rings is 1. The van der Waals surface area contributed by atoms with Crippen molar-refractivity contribution in [1.29, 1.82) is 0 Å². The highest BCUT2D eigenvalue weighted by molar-refractivity contribution is 7.91. The van der Waals surface area contributed by atoms with Crippen molar-refractivity contribution in [2.75, 3.05) is 19.6 Å². The van der Waals surface area contributed by atoms with Crippen LogP contribution in [0.3, 0.4) is 0 Å². The predicted octanol–water partition coefficient (Wildman–Crippen LogP) is 2.21. The van der Waals surface area contributed by atoms with E-state index in [0.29, 0.717) is 4.21 Å². The molecule has 0 aliphatic carbocycles. The number of carbonyl (C=O) groups is 1. The summed E-state index contributed by atoms with van der Waals surface area (Å²) < 4.78 is 26.6. The largest absolute Gasteiger partial charge is 0.343 e. The Labute approximate surface area is 130 Å². The molecule has 0 unspecified atom stereocenters. The Morgan fingerprint density at radius 2 is 1.86 bits per heavy atom. The molecule has 2 heterocycles. The third kappa shape index (κ3) is 5.09. The van der Waals surface area contributed by atoms with Crippen LogP contribution in [-0.4, -0.2) is 38.9 Å². The Morgan fingerprint density at radius 1 is 1.19 bits per heavy atom. The summed E-state index contributed by atoms with van der Waals surface area (Å²) in [6.45, 7) is 1.77. The van der Waals surface area contributed by atoms with Crippen molar-refractivity contribution < 1.29 is 13.2 Å². The van der Waals surface area contributed by atoms with Gasteiger partial charge in [0.1, 0.15) is 4.21 Å². The van der Waals surface area contributed by atoms with Gasteiger partial charge in [0.25, 0.3) is 0 Å². The van der Waals surface area contributed by atoms with E-state index in [0.717, 1.165) is 25.9 Å². The zero-order valence-corrected chi connectivity index (χ0v) is 13.7. The number of hydrogen-bond acceptors (Lipinski definition) is 4. The van der Waals surface area contributed by atoms with Crippen molar-refractivity contribution in [3.63, 3.8) is 0 Å². The second kappa shape index (κ2) is 7.91. The molecule has 0 spiro atoms. The smallest absolute Gasteiger partial charge is 0.250 e. The zero-order chi connectivity index (χ0) is 15.1. The number of likely N-dealkylation sites (tertiary alicyclic amines) is 1. The molecular formula is C14H22N2O3S2. The van der Waals surface area contributed by atoms with Crippen molar-refractivity contribution in [2.45, 2.75) is 42.7 Å². The van der Waals surface area contributed by atoms with Gasteiger partial charge < -0.3 is 4.90 Å². The number of nitrogens with one attached hydrogen (secondary N) is 1. The third-order valence-corrected chi connectivity index (χ3v) is 6.46. The summed E-state index contributed by atoms with van der Waals surface area (Å²) in [5.74, 6) is 0.0470. The minimum atomic E-state index is -3.46. The molecule has 0 bridgehead atoms. The Bertz CT molecular complexity index is 533. The molecule has 1 fully saturated rings. The van der Waals surface area contributed by atoms with E-state index in [1.807, 2.05) is 4.90 Å². The molecule has 2 rings (SSSR count). The summed E-state index contributed by atoms with van der Waals surface area (Å²) in [7, 11) is -3.46. The maximum atomic E-state index is 12.1. The molecule has 21 heavy (non-hydrogen) atoms. The lowest BCUT2D eigenvalue weighted by atomic mass is 10.1. The topological polar surface area (TPSA) is 66.5 Å². The van der Waals surface area contributed by atoms with Crippen LogP contribution in [0, 0.1) is 0 Å². The Hall–Kier alpha value is -0.920. The Morgan fingerprint density at radius 3 is 2.48 bits per heavy atom. The number of nitrogens with zero attached hydrogens (tertiary/aromatic N) is 1. The molecule has 0 radical (unpaired) electrons. The van der Waals surface area contributed by atoms with Crippen LogP contribution < -0.4 is 4.72 Å². The fraction of sp³-hybridized carbons (Fsp3) is 0.643. The summed E-state index contributed by atoms with van der Waals surface area (Å²) in [4.78, 5) is 14.0. The van der Waals surface area contributed by atoms with Gasteiger partial charge in [-0.25, -0.2) is 13.1 Å². The molecule has 1 aromatic rings. The number of sulfonamides is 1. The predicted molar refractivity (Wildman–Crippen MR) is 83.8 cm³/mol. The van der Waals surface area contributed by atoms with Gasteiger partial charge in [0.15, 0.2) is 0 Å². The maximum absolute atomic E-state index is 12.1. The molecule has 5 nitrogen and oxygen atoms in total. The monoisotopic (exact) mass is 330 g/mol. The minimum absolute atomic E-state index is 0.0470. The van der Waals surface area contributed by atoms with Crippen molar-refractivity contribution in [1.82, 2.24) is 9.62 Å². The van der Waals surface area contributed by atoms with E-state index in [4.69, 9.17) is 0 Å². The minimum Gasteiger partial charge on any atom is -0.343 e. The molecule has 1 aliphatic rings. The van der Waals surface area contributed by atoms with E-state index in [1.54, 1.807) is 17.5 Å². The molecule has 1 aromatic heterocycles. The van der Waals surface area contributed by atoms with Crippen LogP contribution in [0.25, 0.3) is 0 Å². The number of hydrogen-bond donors (Lipinski definition) is 1. The van der Waals surface area contributed by atoms with Crippen LogP contribution in [0.1, 0.15) is 38.5 Å². The summed E-state index contributed by atoms with van der Waals surface area (Å²) in [6, 6.07) is 3.26. The molecule has 118 valence electrons. The van der Waals surface area contributed by atoms with Crippen molar-refractivity contribution in [2.24, 2.45) is 0 Å². The zero-order valence-electron chi connectivity index (χ0n) is 12.1. The molecule has 1 N–H and O–H groups in total. The Kier molecular flexibility index (Phi) is 6.20. The van der Waals surface area contributed by atoms with Crippen molar-refractivity contribution in [3.05, 3.63) is 17.5 Å². The summed E-state index contributed by atoms with van der Waals surface area (Å²) in [5, 5.41) is 1.72. The molecule has 0 aromatic carbocycles. The number of rotatable bonds is 5. The molecule has 7 heteroatoms. The van der Waals surface area contributed by atoms with Gasteiger partial charge >= 0.3 is 0 Å². The van der Waals surface area contributed by atoms with E-state index in [9.17, 15) is 13.2 Å². The highest BCUT2D eigenvalue weighted by Gasteiger charge is 2.17. The second-order valence-corrected chi connectivity index (χ2v) is 8.17. The molecular weight excluding hydrogens is 308 g/mol. The molecule has 1 saturated heterocycles. The highest BCUT2D eigenvalue weighted by Crippen LogP contribution is 2.15. The van der Waals surface area contributed by atoms with Gasteiger partial charge in [0, 0.05) is 26.1 Å². The standard InChI is InChI=1S/C14H22N2O3S2/c17-13(16-10-4-2-1-3-5-11-16)8-9-15-21(18,19)14-7-6-12-20-14/h6-7,12,15H,1-5,8-11H2. The average Bonchev–Trinajstić information content (AvgIpc) is 2.92. The Balaban J connectivity index is 1.78. The van der Waals surface area contributed by atoms with E-state index >= 15 is 0 Å². The first-order valence-electron chi connectivity index (χ1n) is 7.40. The van der Waals surface area contributed by atoms with Crippen LogP contribution >= 0.6 is 11.3 Å². The third-order valence-electron chi connectivity index (χ3n) is 3.60. The van der Waals surface area contributed by atoms with Gasteiger partial charge in [-0.1, -0.05) is 25.3 Å². The fourth-order valence-corrected chi connectivity index (χ4v) is 4.50. The van der Waals surface area contributed by atoms with E-state index < -0.39 is 10.0 Å². The first-order chi connectivity index (χ1) is 10.1. The first-order valence-corrected chi connectivity index (χ1v) is 9.77. The lowest BCUT2D eigenvalue weighted by Crippen LogP contribution is -2.36. The fourth-order valence-electron chi connectivity index (χ4n) is 2.43. The summed E-state index contributed by atoms with van der Waals surface area (Å²) >= 11 is 1.18. The van der Waals surface area contributed by atoms with Gasteiger partial charge in [-0.15, -0.1) is 11.3 Å². The first kappa shape index (κ1) is 16.5. The van der Waals surface area contributed by atoms with Gasteiger partial charge in [-0.2, -0.15) is 0 Å². The van der Waals surface area contributed by atoms with Crippen LogP contribution in [0.4, 0.5) is 0 Å². The number of carbonyl (C=O) groups excluding carboxylic acids is 1. The quantitative estimate of drug-likeness (QED) is 0.900. The maximum Gasteiger partial charge on any atom is 0.250 e. The molecule has 0 saturated carbocycles. The molecule has 1 amide bonds. The molecule has 0 atom stereocenters. The van der Waals surface area contributed by atoms with Gasteiger partial charge in [-0.3, -0.25) is 4.79 Å². The lowest BCUT2D eigenvalue weighted by molar-refractivity contribution is -0.131. The van der Waals surface area contributed by atoms with E-state index in [2.05, 4.69) is 4.72 Å². The van der Waals surface area contributed by atoms with Crippen LogP contribution in [0.15, 0.2) is 21.7 Å². The van der Waals surface area contributed by atoms with Gasteiger partial charge in [0.05, 0.1) is 0 Å². The van der Waals surface area contributed by atoms with Gasteiger partial charge in [-0.05, 0) is 24.3 Å². The number of amides is 1. The van der Waals surface area contributed by atoms with Crippen LogP contribution in [-0.2, 0) is 14.8 Å². The second-order valence-electron chi connectivity index (χ2n) is 5.23. The van der Waals surface area contributed by atoms with Crippen molar-refractivity contribution >= 4 is 27.3 Å².